The van der Waals surface area contributed by atoms with Crippen molar-refractivity contribution in [3.8, 4) is 11.4 Å². The Morgan fingerprint density at radius 2 is 1.74 bits per heavy atom. The number of fused-ring (bicyclic) bond motifs is 2. The maximum atomic E-state index is 6.32. The van der Waals surface area contributed by atoms with Gasteiger partial charge in [0.1, 0.15) is 11.7 Å². The molecule has 34 heavy (non-hydrogen) atoms. The van der Waals surface area contributed by atoms with Gasteiger partial charge in [-0.15, -0.1) is 0 Å². The van der Waals surface area contributed by atoms with Gasteiger partial charge in [0, 0.05) is 24.2 Å². The van der Waals surface area contributed by atoms with E-state index in [1.165, 1.54) is 29.5 Å². The molecule has 2 aromatic carbocycles. The molecular weight excluding hydrogens is 418 g/mol. The third-order valence-electron chi connectivity index (χ3n) is 7.43. The fourth-order valence-corrected chi connectivity index (χ4v) is 5.15. The molecule has 1 aliphatic rings. The second-order valence-electron chi connectivity index (χ2n) is 11.4. The number of imidazole rings is 1. The number of aliphatic imine (C=N–C) groups is 1. The second kappa shape index (κ2) is 9.18. The largest absolute Gasteiger partial charge is 0.384 e. The molecule has 2 N–H and O–H groups in total. The Hall–Kier alpha value is -2.66. The lowest BCUT2D eigenvalue weighted by Gasteiger charge is -2.42. The Morgan fingerprint density at radius 3 is 2.41 bits per heavy atom. The summed E-state index contributed by atoms with van der Waals surface area (Å²) in [7, 11) is 4.09. The van der Waals surface area contributed by atoms with Crippen molar-refractivity contribution in [1.82, 2.24) is 14.5 Å². The fourth-order valence-electron chi connectivity index (χ4n) is 5.15. The molecule has 0 aliphatic heterocycles. The van der Waals surface area contributed by atoms with Crippen LogP contribution in [0, 0.1) is 0 Å². The zero-order chi connectivity index (χ0) is 24.7. The van der Waals surface area contributed by atoms with Crippen LogP contribution in [-0.2, 0) is 17.4 Å². The Bertz CT molecular complexity index is 1210. The lowest BCUT2D eigenvalue weighted by atomic mass is 9.63. The summed E-state index contributed by atoms with van der Waals surface area (Å²) in [6, 6.07) is 13.3. The zero-order valence-corrected chi connectivity index (χ0v) is 22.1. The third-order valence-corrected chi connectivity index (χ3v) is 7.43. The van der Waals surface area contributed by atoms with Gasteiger partial charge in [0.25, 0.3) is 0 Å². The van der Waals surface area contributed by atoms with Crippen LogP contribution in [0.15, 0.2) is 41.4 Å². The highest BCUT2D eigenvalue weighted by atomic mass is 15.1. The first kappa shape index (κ1) is 24.5. The lowest BCUT2D eigenvalue weighted by molar-refractivity contribution is 0.332. The summed E-state index contributed by atoms with van der Waals surface area (Å²) in [6.45, 7) is 14.2. The zero-order valence-electron chi connectivity index (χ0n) is 22.1. The van der Waals surface area contributed by atoms with E-state index in [1.807, 2.05) is 14.1 Å². The minimum atomic E-state index is 0.174. The number of rotatable bonds is 7. The van der Waals surface area contributed by atoms with Crippen molar-refractivity contribution < 1.29 is 0 Å². The van der Waals surface area contributed by atoms with E-state index in [0.29, 0.717) is 12.4 Å². The molecule has 182 valence electrons. The van der Waals surface area contributed by atoms with Crippen molar-refractivity contribution in [2.24, 2.45) is 10.7 Å². The highest BCUT2D eigenvalue weighted by Crippen LogP contribution is 2.46. The first-order valence-corrected chi connectivity index (χ1v) is 12.6. The molecule has 0 radical (unpaired) electrons. The summed E-state index contributed by atoms with van der Waals surface area (Å²) < 4.78 is 2.36. The van der Waals surface area contributed by atoms with Crippen molar-refractivity contribution in [3.63, 3.8) is 0 Å². The fraction of sp³-hybridized carbons (Fsp3) is 0.517. The molecule has 4 rings (SSSR count). The first-order valence-electron chi connectivity index (χ1n) is 12.6. The molecule has 0 atom stereocenters. The molecule has 0 saturated carbocycles. The number of aryl methyl sites for hydroxylation is 1. The van der Waals surface area contributed by atoms with Crippen molar-refractivity contribution in [1.29, 1.82) is 0 Å². The van der Waals surface area contributed by atoms with Crippen LogP contribution in [0.1, 0.15) is 70.6 Å². The van der Waals surface area contributed by atoms with Gasteiger partial charge in [-0.25, -0.2) is 4.98 Å². The normalized spacial score (nSPS) is 17.4. The van der Waals surface area contributed by atoms with Gasteiger partial charge in [0.05, 0.1) is 17.6 Å². The van der Waals surface area contributed by atoms with Crippen LogP contribution in [0.2, 0.25) is 0 Å². The lowest BCUT2D eigenvalue weighted by Crippen LogP contribution is -2.33. The van der Waals surface area contributed by atoms with Gasteiger partial charge >= 0.3 is 0 Å². The van der Waals surface area contributed by atoms with Gasteiger partial charge in [-0.3, -0.25) is 4.99 Å². The smallest absolute Gasteiger partial charge is 0.141 e. The number of likely N-dealkylation sites (N-methyl/N-ethyl adjacent to an activating group) is 1. The highest BCUT2D eigenvalue weighted by molar-refractivity contribution is 6.00. The minimum Gasteiger partial charge on any atom is -0.384 e. The van der Waals surface area contributed by atoms with Crippen molar-refractivity contribution in [3.05, 3.63) is 53.1 Å². The summed E-state index contributed by atoms with van der Waals surface area (Å²) in [5, 5.41) is 0. The molecule has 0 amide bonds. The molecule has 1 heterocycles. The average Bonchev–Trinajstić information content (AvgIpc) is 3.14. The van der Waals surface area contributed by atoms with E-state index in [2.05, 4.69) is 85.5 Å². The summed E-state index contributed by atoms with van der Waals surface area (Å²) in [5.41, 5.74) is 13.9. The van der Waals surface area contributed by atoms with Crippen molar-refractivity contribution >= 4 is 16.9 Å². The Kier molecular flexibility index (Phi) is 6.61. The molecule has 0 spiro atoms. The molecule has 1 aliphatic carbocycles. The predicted molar refractivity (Wildman–Crippen MR) is 145 cm³/mol. The Morgan fingerprint density at radius 1 is 1.03 bits per heavy atom. The minimum absolute atomic E-state index is 0.174. The maximum Gasteiger partial charge on any atom is 0.141 e. The van der Waals surface area contributed by atoms with Crippen LogP contribution >= 0.6 is 0 Å². The van der Waals surface area contributed by atoms with E-state index in [1.54, 1.807) is 0 Å². The van der Waals surface area contributed by atoms with Crippen LogP contribution < -0.4 is 5.73 Å². The quantitative estimate of drug-likeness (QED) is 0.363. The second-order valence-corrected chi connectivity index (χ2v) is 11.4. The molecule has 5 heteroatoms. The topological polar surface area (TPSA) is 59.4 Å². The van der Waals surface area contributed by atoms with Crippen molar-refractivity contribution in [2.75, 3.05) is 27.2 Å². The highest BCUT2D eigenvalue weighted by Gasteiger charge is 2.37. The van der Waals surface area contributed by atoms with Gasteiger partial charge in [-0.1, -0.05) is 46.8 Å². The van der Waals surface area contributed by atoms with E-state index in [-0.39, 0.29) is 10.8 Å². The summed E-state index contributed by atoms with van der Waals surface area (Å²) in [6.07, 6.45) is 3.48. The van der Waals surface area contributed by atoms with Crippen LogP contribution in [-0.4, -0.2) is 47.5 Å². The summed E-state index contributed by atoms with van der Waals surface area (Å²) in [4.78, 5) is 11.8. The van der Waals surface area contributed by atoms with Crippen LogP contribution in [0.3, 0.4) is 0 Å². The summed E-state index contributed by atoms with van der Waals surface area (Å²) in [5.74, 6) is 1.62. The molecular formula is C29H41N5. The van der Waals surface area contributed by atoms with Gasteiger partial charge in [-0.05, 0) is 79.6 Å². The molecule has 0 fully saturated rings. The number of benzene rings is 2. The van der Waals surface area contributed by atoms with Gasteiger partial charge in [0.15, 0.2) is 0 Å². The number of nitrogens with two attached hydrogens (primary N) is 1. The molecule has 0 saturated heterocycles. The Labute approximate surface area is 205 Å². The number of amidine groups is 1. The molecule has 0 unspecified atom stereocenters. The van der Waals surface area contributed by atoms with E-state index < -0.39 is 0 Å². The van der Waals surface area contributed by atoms with Gasteiger partial charge in [0.2, 0.25) is 0 Å². The molecule has 0 bridgehead atoms. The SMILES string of the molecule is CCCn1c(-c2ccc3c(c2)C(C)(C)CCC3(C)C)nc2cc(C(N)=NCCN(C)C)ccc21. The average molecular weight is 460 g/mol. The van der Waals surface area contributed by atoms with Gasteiger partial charge in [-0.2, -0.15) is 0 Å². The van der Waals surface area contributed by atoms with E-state index in [0.717, 1.165) is 41.9 Å². The standard InChI is InChI=1S/C29H41N5/c1-8-16-34-25-12-10-20(26(30)31-15-17-33(6)7)19-24(25)32-27(34)21-9-11-22-23(18-21)29(4,5)14-13-28(22,2)3/h9-12,18-19H,8,13-17H2,1-7H3,(H2,30,31). The number of aromatic nitrogens is 2. The molecule has 3 aromatic rings. The molecule has 5 nitrogen and oxygen atoms in total. The predicted octanol–water partition coefficient (Wildman–Crippen LogP) is 5.73. The van der Waals surface area contributed by atoms with Crippen LogP contribution in [0.4, 0.5) is 0 Å². The molecule has 1 aromatic heterocycles. The third kappa shape index (κ3) is 4.63. The first-order chi connectivity index (χ1) is 16.0. The van der Waals surface area contributed by atoms with Crippen LogP contribution in [0.5, 0.6) is 0 Å². The van der Waals surface area contributed by atoms with Gasteiger partial charge < -0.3 is 15.2 Å². The van der Waals surface area contributed by atoms with E-state index in [9.17, 15) is 0 Å². The van der Waals surface area contributed by atoms with E-state index in [4.69, 9.17) is 10.7 Å². The van der Waals surface area contributed by atoms with E-state index >= 15 is 0 Å². The Balaban J connectivity index is 1.79. The number of hydrogen-bond donors (Lipinski definition) is 1. The van der Waals surface area contributed by atoms with Crippen molar-refractivity contribution in [2.45, 2.75) is 71.3 Å². The summed E-state index contributed by atoms with van der Waals surface area (Å²) >= 11 is 0. The monoisotopic (exact) mass is 459 g/mol. The van der Waals surface area contributed by atoms with Crippen LogP contribution in [0.25, 0.3) is 22.4 Å². The number of nitrogens with zero attached hydrogens (tertiary/aromatic N) is 4. The maximum absolute atomic E-state index is 6.32. The number of hydrogen-bond acceptors (Lipinski definition) is 3.